The topological polar surface area (TPSA) is 94.2 Å². The average Bonchev–Trinajstić information content (AvgIpc) is 2.82. The molecular weight excluding hydrogens is 436 g/mol. The minimum absolute atomic E-state index is 0.176. The van der Waals surface area contributed by atoms with Gasteiger partial charge >= 0.3 is 6.03 Å². The zero-order valence-electron chi connectivity index (χ0n) is 19.6. The van der Waals surface area contributed by atoms with Crippen molar-refractivity contribution >= 4 is 29.6 Å². The van der Waals surface area contributed by atoms with Gasteiger partial charge in [-0.2, -0.15) is 0 Å². The van der Waals surface area contributed by atoms with E-state index >= 15 is 0 Å². The number of carbonyl (C=O) groups is 3. The minimum Gasteiger partial charge on any atom is -0.497 e. The Balaban J connectivity index is 2.04. The normalized spacial score (nSPS) is 14.7. The van der Waals surface area contributed by atoms with E-state index < -0.39 is 17.8 Å². The van der Waals surface area contributed by atoms with Gasteiger partial charge in [0.2, 0.25) is 0 Å². The minimum atomic E-state index is -0.817. The second-order valence-corrected chi connectivity index (χ2v) is 7.44. The lowest BCUT2D eigenvalue weighted by atomic mass is 10.0. The Bertz CT molecular complexity index is 1120. The molecule has 0 atom stereocenters. The second-order valence-electron chi connectivity index (χ2n) is 7.44. The van der Waals surface area contributed by atoms with Crippen LogP contribution in [0.3, 0.4) is 0 Å². The lowest BCUT2D eigenvalue weighted by Crippen LogP contribution is -2.54. The summed E-state index contributed by atoms with van der Waals surface area (Å²) in [5, 5.41) is 2.23. The SMILES string of the molecule is C=CCc1cc(/C=C2\C(=O)NC(=O)N(c3ccc(OC)cc3)C2=O)cc(OCC)c1OCCC. The standard InChI is InChI=1S/C26H28N2O6/c1-5-8-18-14-17(16-22(33-7-3)23(18)34-13-6-2)15-21-24(29)27-26(31)28(25(21)30)19-9-11-20(32-4)12-10-19/h5,9-12,14-16H,1,6-8,13H2,2-4H3,(H,27,29,31)/b21-15+. The molecule has 0 unspecified atom stereocenters. The first kappa shape index (κ1) is 24.6. The molecule has 2 aromatic carbocycles. The van der Waals surface area contributed by atoms with E-state index in [0.29, 0.717) is 48.1 Å². The molecule has 1 saturated heterocycles. The van der Waals surface area contributed by atoms with Crippen LogP contribution in [0.25, 0.3) is 6.08 Å². The summed E-state index contributed by atoms with van der Waals surface area (Å²) < 4.78 is 16.8. The Labute approximate surface area is 198 Å². The highest BCUT2D eigenvalue weighted by molar-refractivity contribution is 6.39. The summed E-state index contributed by atoms with van der Waals surface area (Å²) in [6, 6.07) is 9.10. The third-order valence-corrected chi connectivity index (χ3v) is 5.01. The molecule has 1 aliphatic heterocycles. The maximum absolute atomic E-state index is 13.2. The summed E-state index contributed by atoms with van der Waals surface area (Å²) in [5.74, 6) is 0.195. The van der Waals surface area contributed by atoms with Crippen molar-refractivity contribution < 1.29 is 28.6 Å². The molecule has 0 spiro atoms. The molecule has 0 bridgehead atoms. The number of urea groups is 1. The lowest BCUT2D eigenvalue weighted by molar-refractivity contribution is -0.122. The molecule has 1 N–H and O–H groups in total. The van der Waals surface area contributed by atoms with E-state index in [2.05, 4.69) is 11.9 Å². The summed E-state index contributed by atoms with van der Waals surface area (Å²) in [4.78, 5) is 39.2. The van der Waals surface area contributed by atoms with Gasteiger partial charge in [0.1, 0.15) is 11.3 Å². The molecule has 1 aliphatic rings. The van der Waals surface area contributed by atoms with Gasteiger partial charge in [0, 0.05) is 5.56 Å². The number of rotatable bonds is 10. The number of hydrogen-bond donors (Lipinski definition) is 1. The van der Waals surface area contributed by atoms with Crippen molar-refractivity contribution in [2.45, 2.75) is 26.7 Å². The molecule has 0 aliphatic carbocycles. The van der Waals surface area contributed by atoms with Crippen LogP contribution in [0.4, 0.5) is 10.5 Å². The van der Waals surface area contributed by atoms with Gasteiger partial charge in [-0.1, -0.05) is 13.0 Å². The highest BCUT2D eigenvalue weighted by atomic mass is 16.5. The van der Waals surface area contributed by atoms with Gasteiger partial charge in [-0.25, -0.2) is 9.69 Å². The zero-order valence-corrected chi connectivity index (χ0v) is 19.6. The predicted molar refractivity (Wildman–Crippen MR) is 129 cm³/mol. The van der Waals surface area contributed by atoms with Crippen LogP contribution >= 0.6 is 0 Å². The Hall–Kier alpha value is -4.07. The van der Waals surface area contributed by atoms with Crippen molar-refractivity contribution in [1.29, 1.82) is 0 Å². The van der Waals surface area contributed by atoms with Gasteiger partial charge < -0.3 is 14.2 Å². The number of anilines is 1. The van der Waals surface area contributed by atoms with Crippen LogP contribution < -0.4 is 24.4 Å². The number of nitrogens with zero attached hydrogens (tertiary/aromatic N) is 1. The van der Waals surface area contributed by atoms with Gasteiger partial charge in [0.25, 0.3) is 11.8 Å². The molecule has 4 amide bonds. The summed E-state index contributed by atoms with van der Waals surface area (Å²) >= 11 is 0. The molecule has 0 saturated carbocycles. The first-order chi connectivity index (χ1) is 16.4. The molecule has 0 aromatic heterocycles. The molecule has 0 radical (unpaired) electrons. The average molecular weight is 465 g/mol. The number of methoxy groups -OCH3 is 1. The number of amides is 4. The molecule has 34 heavy (non-hydrogen) atoms. The zero-order chi connectivity index (χ0) is 24.7. The summed E-state index contributed by atoms with van der Waals surface area (Å²) in [6.07, 6.45) is 4.52. The van der Waals surface area contributed by atoms with Crippen LogP contribution in [0.15, 0.2) is 54.6 Å². The quantitative estimate of drug-likeness (QED) is 0.321. The van der Waals surface area contributed by atoms with E-state index in [0.717, 1.165) is 16.9 Å². The van der Waals surface area contributed by atoms with Gasteiger partial charge in [-0.15, -0.1) is 6.58 Å². The molecule has 2 aromatic rings. The molecule has 3 rings (SSSR count). The summed E-state index contributed by atoms with van der Waals surface area (Å²) in [7, 11) is 1.52. The summed E-state index contributed by atoms with van der Waals surface area (Å²) in [5.41, 5.74) is 1.51. The van der Waals surface area contributed by atoms with E-state index in [1.54, 1.807) is 36.4 Å². The molecule has 178 valence electrons. The third kappa shape index (κ3) is 5.28. The largest absolute Gasteiger partial charge is 0.497 e. The van der Waals surface area contributed by atoms with Gasteiger partial charge in [0.05, 0.1) is 26.0 Å². The van der Waals surface area contributed by atoms with Crippen LogP contribution in [0.2, 0.25) is 0 Å². The molecular formula is C26H28N2O6. The van der Waals surface area contributed by atoms with Gasteiger partial charge in [0.15, 0.2) is 11.5 Å². The van der Waals surface area contributed by atoms with Crippen molar-refractivity contribution in [2.24, 2.45) is 0 Å². The predicted octanol–water partition coefficient (Wildman–Crippen LogP) is 4.28. The van der Waals surface area contributed by atoms with Crippen LogP contribution in [-0.4, -0.2) is 38.2 Å². The molecule has 1 heterocycles. The fourth-order valence-corrected chi connectivity index (χ4v) is 3.49. The number of nitrogens with one attached hydrogen (secondary N) is 1. The van der Waals surface area contributed by atoms with E-state index in [4.69, 9.17) is 14.2 Å². The first-order valence-electron chi connectivity index (χ1n) is 11.0. The molecule has 1 fully saturated rings. The highest BCUT2D eigenvalue weighted by Crippen LogP contribution is 2.35. The molecule has 8 heteroatoms. The Morgan fingerprint density at radius 1 is 1.06 bits per heavy atom. The van der Waals surface area contributed by atoms with Crippen molar-refractivity contribution in [3.63, 3.8) is 0 Å². The third-order valence-electron chi connectivity index (χ3n) is 5.01. The van der Waals surface area contributed by atoms with Crippen LogP contribution in [0, 0.1) is 0 Å². The van der Waals surface area contributed by atoms with Crippen molar-refractivity contribution in [3.8, 4) is 17.2 Å². The Kier molecular flexibility index (Phi) is 8.08. The first-order valence-corrected chi connectivity index (χ1v) is 11.0. The van der Waals surface area contributed by atoms with Crippen molar-refractivity contribution in [1.82, 2.24) is 5.32 Å². The van der Waals surface area contributed by atoms with Crippen molar-refractivity contribution in [3.05, 3.63) is 65.8 Å². The van der Waals surface area contributed by atoms with Gasteiger partial charge in [-0.05, 0) is 67.8 Å². The van der Waals surface area contributed by atoms with E-state index in [1.165, 1.54) is 13.2 Å². The number of barbiturate groups is 1. The maximum atomic E-state index is 13.2. The Morgan fingerprint density at radius 2 is 1.79 bits per heavy atom. The van der Waals surface area contributed by atoms with Crippen LogP contribution in [0.1, 0.15) is 31.4 Å². The number of ether oxygens (including phenoxy) is 3. The lowest BCUT2D eigenvalue weighted by Gasteiger charge is -2.26. The fraction of sp³-hybridized carbons (Fsp3) is 0.269. The van der Waals surface area contributed by atoms with Crippen LogP contribution in [0.5, 0.6) is 17.2 Å². The van der Waals surface area contributed by atoms with Crippen LogP contribution in [-0.2, 0) is 16.0 Å². The number of carbonyl (C=O) groups excluding carboxylic acids is 3. The maximum Gasteiger partial charge on any atom is 0.335 e. The monoisotopic (exact) mass is 464 g/mol. The van der Waals surface area contributed by atoms with E-state index in [1.807, 2.05) is 19.9 Å². The number of hydrogen-bond acceptors (Lipinski definition) is 6. The second kappa shape index (κ2) is 11.2. The Morgan fingerprint density at radius 3 is 2.41 bits per heavy atom. The van der Waals surface area contributed by atoms with Crippen molar-refractivity contribution in [2.75, 3.05) is 25.2 Å². The highest BCUT2D eigenvalue weighted by Gasteiger charge is 2.36. The fourth-order valence-electron chi connectivity index (χ4n) is 3.49. The van der Waals surface area contributed by atoms with E-state index in [9.17, 15) is 14.4 Å². The number of imide groups is 2. The summed E-state index contributed by atoms with van der Waals surface area (Å²) in [6.45, 7) is 8.60. The molecule has 8 nitrogen and oxygen atoms in total. The number of benzene rings is 2. The van der Waals surface area contributed by atoms with Gasteiger partial charge in [-0.3, -0.25) is 14.9 Å². The number of allylic oxidation sites excluding steroid dienone is 1. The van der Waals surface area contributed by atoms with E-state index in [-0.39, 0.29) is 5.57 Å². The smallest absolute Gasteiger partial charge is 0.335 e.